The highest BCUT2D eigenvalue weighted by Gasteiger charge is 2.18. The van der Waals surface area contributed by atoms with Crippen LogP contribution in [0, 0.1) is 28.4 Å². The molecule has 150 valence electrons. The third kappa shape index (κ3) is 3.88. The zero-order valence-corrected chi connectivity index (χ0v) is 15.8. The summed E-state index contributed by atoms with van der Waals surface area (Å²) in [6, 6.07) is 14.1. The number of aromatic nitrogens is 1. The lowest BCUT2D eigenvalue weighted by Crippen LogP contribution is -2.25. The number of hydrogen-bond acceptors (Lipinski definition) is 7. The monoisotopic (exact) mass is 404 g/mol. The van der Waals surface area contributed by atoms with Crippen molar-refractivity contribution >= 4 is 17.6 Å². The first-order valence-corrected chi connectivity index (χ1v) is 8.75. The Morgan fingerprint density at radius 1 is 1.23 bits per heavy atom. The number of nitriles is 1. The summed E-state index contributed by atoms with van der Waals surface area (Å²) >= 11 is 0. The van der Waals surface area contributed by atoms with Gasteiger partial charge in [0.1, 0.15) is 23.1 Å². The van der Waals surface area contributed by atoms with Gasteiger partial charge in [-0.25, -0.2) is 0 Å². The number of hydrogen-bond donors (Lipinski definition) is 2. The molecule has 1 heterocycles. The van der Waals surface area contributed by atoms with Crippen molar-refractivity contribution in [2.24, 2.45) is 4.99 Å². The summed E-state index contributed by atoms with van der Waals surface area (Å²) in [6.45, 7) is 1.52. The Labute approximate surface area is 170 Å². The molecule has 0 aliphatic rings. The lowest BCUT2D eigenvalue weighted by atomic mass is 10.1. The first-order valence-electron chi connectivity index (χ1n) is 8.75. The Morgan fingerprint density at radius 3 is 2.57 bits per heavy atom. The van der Waals surface area contributed by atoms with E-state index in [2.05, 4.69) is 4.99 Å². The fraction of sp³-hybridized carbons (Fsp3) is 0.0952. The topological polar surface area (TPSA) is 142 Å². The van der Waals surface area contributed by atoms with E-state index < -0.39 is 16.4 Å². The van der Waals surface area contributed by atoms with Crippen LogP contribution in [0.4, 0.5) is 11.4 Å². The molecule has 3 aromatic rings. The van der Waals surface area contributed by atoms with Gasteiger partial charge in [-0.05, 0) is 24.1 Å². The van der Waals surface area contributed by atoms with Gasteiger partial charge in [0.15, 0.2) is 0 Å². The number of rotatable bonds is 5. The molecule has 1 aromatic heterocycles. The molecule has 0 unspecified atom stereocenters. The van der Waals surface area contributed by atoms with E-state index in [-0.39, 0.29) is 40.4 Å². The first kappa shape index (κ1) is 20.3. The van der Waals surface area contributed by atoms with Crippen molar-refractivity contribution in [3.63, 3.8) is 0 Å². The highest BCUT2D eigenvalue weighted by atomic mass is 16.6. The number of phenols is 1. The maximum atomic E-state index is 12.7. The molecule has 2 aromatic carbocycles. The van der Waals surface area contributed by atoms with Crippen LogP contribution < -0.4 is 5.56 Å². The van der Waals surface area contributed by atoms with Crippen LogP contribution in [-0.2, 0) is 6.54 Å². The largest absolute Gasteiger partial charge is 0.506 e. The van der Waals surface area contributed by atoms with E-state index in [1.807, 2.05) is 12.1 Å². The number of pyridine rings is 1. The van der Waals surface area contributed by atoms with Crippen molar-refractivity contribution in [1.82, 2.24) is 4.57 Å². The molecule has 0 radical (unpaired) electrons. The Hall–Kier alpha value is -4.45. The van der Waals surface area contributed by atoms with E-state index in [0.29, 0.717) is 0 Å². The highest BCUT2D eigenvalue weighted by Crippen LogP contribution is 2.31. The first-order chi connectivity index (χ1) is 14.3. The molecule has 0 aliphatic carbocycles. The Balaban J connectivity index is 2.14. The second-order valence-electron chi connectivity index (χ2n) is 6.41. The molecule has 0 saturated heterocycles. The number of phenolic OH excluding ortho intramolecular Hbond substituents is 1. The molecular weight excluding hydrogens is 388 g/mol. The maximum Gasteiger partial charge on any atom is 0.271 e. The molecule has 0 fully saturated rings. The minimum atomic E-state index is -0.647. The molecule has 9 nitrogen and oxygen atoms in total. The van der Waals surface area contributed by atoms with Gasteiger partial charge in [0, 0.05) is 18.3 Å². The zero-order chi connectivity index (χ0) is 21.8. The molecule has 0 saturated carbocycles. The predicted molar refractivity (Wildman–Crippen MR) is 109 cm³/mol. The SMILES string of the molecule is Cc1c(C=Nc2cc([N+](=O)[O-])ccc2O)c(O)n(Cc2ccccc2)c(=O)c1C#N. The van der Waals surface area contributed by atoms with Gasteiger partial charge in [-0.3, -0.25) is 24.5 Å². The summed E-state index contributed by atoms with van der Waals surface area (Å²) in [5.74, 6) is -0.707. The Morgan fingerprint density at radius 2 is 1.93 bits per heavy atom. The number of aliphatic imine (C=N–C) groups is 1. The fourth-order valence-corrected chi connectivity index (χ4v) is 2.90. The van der Waals surface area contributed by atoms with Crippen molar-refractivity contribution in [1.29, 1.82) is 5.26 Å². The standard InChI is InChI=1S/C21H16N4O5/c1-13-16(10-22)20(27)24(12-14-5-3-2-4-6-14)21(28)17(13)11-23-18-9-15(25(29)30)7-8-19(18)26/h2-9,11,26,28H,12H2,1H3. The van der Waals surface area contributed by atoms with Crippen LogP contribution in [0.1, 0.15) is 22.3 Å². The minimum absolute atomic E-state index is 0.0311. The van der Waals surface area contributed by atoms with Crippen LogP contribution >= 0.6 is 0 Å². The summed E-state index contributed by atoms with van der Waals surface area (Å²) in [7, 11) is 0. The lowest BCUT2D eigenvalue weighted by Gasteiger charge is -2.14. The molecule has 0 atom stereocenters. The average Bonchev–Trinajstić information content (AvgIpc) is 2.73. The van der Waals surface area contributed by atoms with E-state index in [4.69, 9.17) is 0 Å². The summed E-state index contributed by atoms with van der Waals surface area (Å²) in [4.78, 5) is 27.0. The second kappa shape index (κ2) is 8.28. The molecular formula is C21H16N4O5. The van der Waals surface area contributed by atoms with Crippen molar-refractivity contribution < 1.29 is 15.1 Å². The van der Waals surface area contributed by atoms with Gasteiger partial charge >= 0.3 is 0 Å². The van der Waals surface area contributed by atoms with Gasteiger partial charge in [0.2, 0.25) is 5.88 Å². The summed E-state index contributed by atoms with van der Waals surface area (Å²) in [6.07, 6.45) is 1.16. The van der Waals surface area contributed by atoms with Gasteiger partial charge < -0.3 is 10.2 Å². The van der Waals surface area contributed by atoms with Crippen LogP contribution in [0.3, 0.4) is 0 Å². The number of nitro benzene ring substituents is 1. The summed E-state index contributed by atoms with van der Waals surface area (Å²) in [5.41, 5.74) is -0.136. The van der Waals surface area contributed by atoms with Gasteiger partial charge in [0.05, 0.1) is 17.0 Å². The fourth-order valence-electron chi connectivity index (χ4n) is 2.90. The van der Waals surface area contributed by atoms with E-state index in [1.165, 1.54) is 6.92 Å². The molecule has 9 heteroatoms. The van der Waals surface area contributed by atoms with Crippen LogP contribution in [0.2, 0.25) is 0 Å². The lowest BCUT2D eigenvalue weighted by molar-refractivity contribution is -0.384. The Kier molecular flexibility index (Phi) is 5.60. The number of non-ortho nitro benzene ring substituents is 1. The average molecular weight is 404 g/mol. The quantitative estimate of drug-likeness (QED) is 0.380. The number of aromatic hydroxyl groups is 2. The van der Waals surface area contributed by atoms with Crippen molar-refractivity contribution in [2.45, 2.75) is 13.5 Å². The number of benzene rings is 2. The Bertz CT molecular complexity index is 1260. The van der Waals surface area contributed by atoms with Gasteiger partial charge in [0.25, 0.3) is 11.2 Å². The third-order valence-electron chi connectivity index (χ3n) is 4.53. The van der Waals surface area contributed by atoms with Crippen molar-refractivity contribution in [3.8, 4) is 17.7 Å². The number of nitro groups is 1. The van der Waals surface area contributed by atoms with Gasteiger partial charge in [-0.15, -0.1) is 0 Å². The van der Waals surface area contributed by atoms with Gasteiger partial charge in [-0.2, -0.15) is 5.26 Å². The highest BCUT2D eigenvalue weighted by molar-refractivity contribution is 5.88. The molecule has 0 aliphatic heterocycles. The van der Waals surface area contributed by atoms with Crippen LogP contribution in [0.25, 0.3) is 0 Å². The number of nitrogens with zero attached hydrogens (tertiary/aromatic N) is 4. The molecule has 0 spiro atoms. The van der Waals surface area contributed by atoms with Crippen LogP contribution in [0.15, 0.2) is 58.3 Å². The second-order valence-corrected chi connectivity index (χ2v) is 6.41. The van der Waals surface area contributed by atoms with Gasteiger partial charge in [-0.1, -0.05) is 30.3 Å². The smallest absolute Gasteiger partial charge is 0.271 e. The minimum Gasteiger partial charge on any atom is -0.506 e. The predicted octanol–water partition coefficient (Wildman–Crippen LogP) is 3.15. The van der Waals surface area contributed by atoms with E-state index >= 15 is 0 Å². The van der Waals surface area contributed by atoms with Crippen LogP contribution in [-0.4, -0.2) is 25.9 Å². The zero-order valence-electron chi connectivity index (χ0n) is 15.8. The molecule has 0 bridgehead atoms. The van der Waals surface area contributed by atoms with Crippen molar-refractivity contribution in [2.75, 3.05) is 0 Å². The molecule has 0 amide bonds. The maximum absolute atomic E-state index is 12.7. The van der Waals surface area contributed by atoms with E-state index in [1.54, 1.807) is 24.3 Å². The van der Waals surface area contributed by atoms with E-state index in [0.717, 1.165) is 34.5 Å². The molecule has 3 rings (SSSR count). The molecule has 2 N–H and O–H groups in total. The van der Waals surface area contributed by atoms with Crippen molar-refractivity contribution in [3.05, 3.63) is 91.3 Å². The molecule has 30 heavy (non-hydrogen) atoms. The van der Waals surface area contributed by atoms with E-state index in [9.17, 15) is 30.4 Å². The summed E-state index contributed by atoms with van der Waals surface area (Å²) < 4.78 is 1.05. The summed E-state index contributed by atoms with van der Waals surface area (Å²) in [5, 5.41) is 41.0. The third-order valence-corrected chi connectivity index (χ3v) is 4.53. The van der Waals surface area contributed by atoms with Crippen LogP contribution in [0.5, 0.6) is 11.6 Å². The normalized spacial score (nSPS) is 10.8.